The van der Waals surface area contributed by atoms with E-state index in [9.17, 15) is 5.11 Å². The lowest BCUT2D eigenvalue weighted by molar-refractivity contribution is 0.166. The molecule has 0 aliphatic carbocycles. The molecule has 1 aliphatic rings. The molecule has 0 amide bonds. The minimum Gasteiger partial charge on any atom is -0.423 e. The van der Waals surface area contributed by atoms with E-state index in [4.69, 9.17) is 4.42 Å². The highest BCUT2D eigenvalue weighted by molar-refractivity contribution is 4.96. The Morgan fingerprint density at radius 2 is 2.20 bits per heavy atom. The molecule has 6 nitrogen and oxygen atoms in total. The molecule has 20 heavy (non-hydrogen) atoms. The third-order valence-corrected chi connectivity index (χ3v) is 3.52. The van der Waals surface area contributed by atoms with Gasteiger partial charge in [-0.15, -0.1) is 10.2 Å². The van der Waals surface area contributed by atoms with Gasteiger partial charge in [-0.2, -0.15) is 0 Å². The highest BCUT2D eigenvalue weighted by atomic mass is 16.4. The molecule has 0 radical (unpaired) electrons. The van der Waals surface area contributed by atoms with Crippen molar-refractivity contribution < 1.29 is 9.52 Å². The number of aliphatic hydroxyl groups is 1. The molecule has 1 atom stereocenters. The minimum atomic E-state index is -0.125. The van der Waals surface area contributed by atoms with Gasteiger partial charge in [0, 0.05) is 24.5 Å². The standard InChI is InChI=1S/C14H26N4O2/c1-14(2,3)13-17-16-12(20-13)10-18(7-8-19)9-11-5-4-6-15-11/h11,15,19H,4-10H2,1-3H3. The van der Waals surface area contributed by atoms with Crippen LogP contribution in [0.25, 0.3) is 0 Å². The number of nitrogens with zero attached hydrogens (tertiary/aromatic N) is 3. The van der Waals surface area contributed by atoms with Crippen molar-refractivity contribution in [2.45, 2.75) is 51.6 Å². The van der Waals surface area contributed by atoms with Gasteiger partial charge in [-0.1, -0.05) is 20.8 Å². The van der Waals surface area contributed by atoms with Crippen LogP contribution in [0.3, 0.4) is 0 Å². The van der Waals surface area contributed by atoms with Gasteiger partial charge >= 0.3 is 0 Å². The summed E-state index contributed by atoms with van der Waals surface area (Å²) < 4.78 is 5.72. The summed E-state index contributed by atoms with van der Waals surface area (Å²) in [4.78, 5) is 2.17. The molecule has 0 saturated carbocycles. The Kier molecular flexibility index (Phi) is 5.12. The summed E-state index contributed by atoms with van der Waals surface area (Å²) in [6, 6.07) is 0.506. The predicted molar refractivity (Wildman–Crippen MR) is 76.4 cm³/mol. The van der Waals surface area contributed by atoms with E-state index in [1.807, 2.05) is 0 Å². The van der Waals surface area contributed by atoms with Crippen LogP contribution in [0.2, 0.25) is 0 Å². The van der Waals surface area contributed by atoms with E-state index < -0.39 is 0 Å². The van der Waals surface area contributed by atoms with Crippen LogP contribution in [0.1, 0.15) is 45.4 Å². The third-order valence-electron chi connectivity index (χ3n) is 3.52. The summed E-state index contributed by atoms with van der Waals surface area (Å²) in [5.74, 6) is 1.29. The number of nitrogens with one attached hydrogen (secondary N) is 1. The molecule has 2 heterocycles. The number of aromatic nitrogens is 2. The van der Waals surface area contributed by atoms with Crippen molar-refractivity contribution in [2.24, 2.45) is 0 Å². The molecular weight excluding hydrogens is 256 g/mol. The van der Waals surface area contributed by atoms with E-state index in [0.29, 0.717) is 30.9 Å². The molecule has 0 aromatic carbocycles. The van der Waals surface area contributed by atoms with Crippen molar-refractivity contribution in [3.8, 4) is 0 Å². The van der Waals surface area contributed by atoms with Gasteiger partial charge in [0.1, 0.15) is 0 Å². The quantitative estimate of drug-likeness (QED) is 0.808. The first kappa shape index (κ1) is 15.4. The summed E-state index contributed by atoms with van der Waals surface area (Å²) in [6.07, 6.45) is 2.42. The minimum absolute atomic E-state index is 0.125. The van der Waals surface area contributed by atoms with Crippen LogP contribution in [0.15, 0.2) is 4.42 Å². The monoisotopic (exact) mass is 282 g/mol. The van der Waals surface area contributed by atoms with Crippen LogP contribution in [0.4, 0.5) is 0 Å². The predicted octanol–water partition coefficient (Wildman–Crippen LogP) is 0.913. The summed E-state index contributed by atoms with van der Waals surface area (Å²) in [6.45, 7) is 9.54. The van der Waals surface area contributed by atoms with Crippen LogP contribution < -0.4 is 5.32 Å². The fourth-order valence-corrected chi connectivity index (χ4v) is 2.41. The lowest BCUT2D eigenvalue weighted by Gasteiger charge is -2.23. The summed E-state index contributed by atoms with van der Waals surface area (Å²) in [5.41, 5.74) is -0.125. The number of hydrogen-bond donors (Lipinski definition) is 2. The molecule has 0 bridgehead atoms. The molecular formula is C14H26N4O2. The van der Waals surface area contributed by atoms with Crippen LogP contribution in [0, 0.1) is 0 Å². The van der Waals surface area contributed by atoms with Gasteiger partial charge in [0.2, 0.25) is 11.8 Å². The van der Waals surface area contributed by atoms with E-state index in [2.05, 4.69) is 41.2 Å². The molecule has 6 heteroatoms. The van der Waals surface area contributed by atoms with Crippen LogP contribution in [0.5, 0.6) is 0 Å². The summed E-state index contributed by atoms with van der Waals surface area (Å²) >= 11 is 0. The van der Waals surface area contributed by atoms with Crippen molar-refractivity contribution in [3.05, 3.63) is 11.8 Å². The Morgan fingerprint density at radius 3 is 2.75 bits per heavy atom. The Bertz CT molecular complexity index is 408. The third kappa shape index (κ3) is 4.26. The van der Waals surface area contributed by atoms with Gasteiger partial charge in [-0.3, -0.25) is 4.90 Å². The molecule has 1 saturated heterocycles. The Hall–Kier alpha value is -0.980. The maximum atomic E-state index is 9.19. The highest BCUT2D eigenvalue weighted by Gasteiger charge is 2.23. The molecule has 1 fully saturated rings. The smallest absolute Gasteiger partial charge is 0.230 e. The Morgan fingerprint density at radius 1 is 1.40 bits per heavy atom. The maximum Gasteiger partial charge on any atom is 0.230 e. The average molecular weight is 282 g/mol. The molecule has 2 N–H and O–H groups in total. The van der Waals surface area contributed by atoms with Crippen molar-refractivity contribution in [1.29, 1.82) is 0 Å². The van der Waals surface area contributed by atoms with Gasteiger partial charge in [-0.05, 0) is 19.4 Å². The van der Waals surface area contributed by atoms with Gasteiger partial charge in [0.25, 0.3) is 0 Å². The molecule has 2 rings (SSSR count). The SMILES string of the molecule is CC(C)(C)c1nnc(CN(CCO)CC2CCCN2)o1. The van der Waals surface area contributed by atoms with Gasteiger partial charge in [-0.25, -0.2) is 0 Å². The van der Waals surface area contributed by atoms with E-state index >= 15 is 0 Å². The highest BCUT2D eigenvalue weighted by Crippen LogP contribution is 2.20. The molecule has 0 spiro atoms. The second kappa shape index (κ2) is 6.65. The van der Waals surface area contributed by atoms with E-state index in [1.165, 1.54) is 12.8 Å². The van der Waals surface area contributed by atoms with Crippen molar-refractivity contribution in [2.75, 3.05) is 26.2 Å². The van der Waals surface area contributed by atoms with Crippen LogP contribution >= 0.6 is 0 Å². The zero-order chi connectivity index (χ0) is 14.6. The van der Waals surface area contributed by atoms with Crippen LogP contribution in [-0.4, -0.2) is 52.5 Å². The van der Waals surface area contributed by atoms with E-state index in [-0.39, 0.29) is 12.0 Å². The first-order valence-corrected chi connectivity index (χ1v) is 7.38. The van der Waals surface area contributed by atoms with Gasteiger partial charge in [0.15, 0.2) is 0 Å². The second-order valence-corrected chi connectivity index (χ2v) is 6.50. The topological polar surface area (TPSA) is 74.4 Å². The molecule has 114 valence electrons. The molecule has 1 aliphatic heterocycles. The average Bonchev–Trinajstić information content (AvgIpc) is 2.99. The van der Waals surface area contributed by atoms with Crippen LogP contribution in [-0.2, 0) is 12.0 Å². The molecule has 1 aromatic rings. The first-order valence-electron chi connectivity index (χ1n) is 7.38. The normalized spacial score (nSPS) is 19.9. The summed E-state index contributed by atoms with van der Waals surface area (Å²) in [5, 5.41) is 20.9. The van der Waals surface area contributed by atoms with Crippen molar-refractivity contribution in [3.63, 3.8) is 0 Å². The maximum absolute atomic E-state index is 9.19. The number of rotatable bonds is 6. The lowest BCUT2D eigenvalue weighted by Crippen LogP contribution is -2.38. The van der Waals surface area contributed by atoms with Gasteiger partial charge < -0.3 is 14.8 Å². The lowest BCUT2D eigenvalue weighted by atomic mass is 9.97. The fourth-order valence-electron chi connectivity index (χ4n) is 2.41. The number of hydrogen-bond acceptors (Lipinski definition) is 6. The Balaban J connectivity index is 1.94. The summed E-state index contributed by atoms with van der Waals surface area (Å²) in [7, 11) is 0. The second-order valence-electron chi connectivity index (χ2n) is 6.50. The van der Waals surface area contributed by atoms with E-state index in [0.717, 1.165) is 13.1 Å². The number of aliphatic hydroxyl groups excluding tert-OH is 1. The molecule has 1 aromatic heterocycles. The molecule has 1 unspecified atom stereocenters. The van der Waals surface area contributed by atoms with Crippen molar-refractivity contribution in [1.82, 2.24) is 20.4 Å². The zero-order valence-electron chi connectivity index (χ0n) is 12.7. The van der Waals surface area contributed by atoms with Crippen molar-refractivity contribution >= 4 is 0 Å². The Labute approximate surface area is 120 Å². The first-order chi connectivity index (χ1) is 9.49. The van der Waals surface area contributed by atoms with Gasteiger partial charge in [0.05, 0.1) is 13.2 Å². The largest absolute Gasteiger partial charge is 0.423 e. The van der Waals surface area contributed by atoms with E-state index in [1.54, 1.807) is 0 Å². The zero-order valence-corrected chi connectivity index (χ0v) is 12.7. The fraction of sp³-hybridized carbons (Fsp3) is 0.857.